The molecule has 106 valence electrons. The molecule has 0 amide bonds. The number of unbranched alkanes of at least 4 members (excludes halogenated alkanes) is 4. The summed E-state index contributed by atoms with van der Waals surface area (Å²) in [5.74, 6) is 0. The third kappa shape index (κ3) is 15.9. The van der Waals surface area contributed by atoms with Gasteiger partial charge in [0.1, 0.15) is 0 Å². The second kappa shape index (κ2) is 18.3. The van der Waals surface area contributed by atoms with E-state index in [1.165, 1.54) is 38.6 Å². The van der Waals surface area contributed by atoms with Crippen LogP contribution in [0.4, 0.5) is 0 Å². The van der Waals surface area contributed by atoms with Crippen molar-refractivity contribution < 1.29 is 4.74 Å². The van der Waals surface area contributed by atoms with Gasteiger partial charge in [0.15, 0.2) is 0 Å². The zero-order valence-corrected chi connectivity index (χ0v) is 12.9. The van der Waals surface area contributed by atoms with Crippen molar-refractivity contribution in [3.8, 4) is 0 Å². The van der Waals surface area contributed by atoms with Crippen LogP contribution in [0, 0.1) is 0 Å². The number of ether oxygens (including phenoxy) is 1. The van der Waals surface area contributed by atoms with Gasteiger partial charge >= 0.3 is 0 Å². The highest BCUT2D eigenvalue weighted by Gasteiger charge is 2.05. The Kier molecular flexibility index (Phi) is 20.7. The zero-order chi connectivity index (χ0) is 13.4. The van der Waals surface area contributed by atoms with Crippen LogP contribution < -0.4 is 0 Å². The monoisotopic (exact) mass is 245 g/mol. The molecule has 0 aliphatic carbocycles. The molecule has 0 aromatic heterocycles. The Morgan fingerprint density at radius 2 is 1.29 bits per heavy atom. The predicted octanol–water partition coefficient (Wildman–Crippen LogP) is 4.34. The van der Waals surface area contributed by atoms with Gasteiger partial charge in [-0.1, -0.05) is 66.7 Å². The van der Waals surface area contributed by atoms with Crippen molar-refractivity contribution in [2.24, 2.45) is 0 Å². The highest BCUT2D eigenvalue weighted by atomic mass is 16.5. The summed E-state index contributed by atoms with van der Waals surface area (Å²) in [4.78, 5) is 2.39. The van der Waals surface area contributed by atoms with Crippen LogP contribution in [0.1, 0.15) is 66.7 Å². The van der Waals surface area contributed by atoms with Crippen molar-refractivity contribution in [1.82, 2.24) is 4.90 Å². The molecule has 17 heavy (non-hydrogen) atoms. The second-order valence-electron chi connectivity index (χ2n) is 4.11. The minimum Gasteiger partial charge on any atom is -0.379 e. The number of hydrogen-bond donors (Lipinski definition) is 0. The predicted molar refractivity (Wildman–Crippen MR) is 78.7 cm³/mol. The van der Waals surface area contributed by atoms with Gasteiger partial charge in [0.05, 0.1) is 13.2 Å². The van der Waals surface area contributed by atoms with Crippen molar-refractivity contribution in [2.75, 3.05) is 32.8 Å². The highest BCUT2D eigenvalue weighted by molar-refractivity contribution is 4.57. The average Bonchev–Trinajstić information content (AvgIpc) is 2.43. The Labute approximate surface area is 110 Å². The smallest absolute Gasteiger partial charge is 0.0594 e. The van der Waals surface area contributed by atoms with Crippen LogP contribution in [0.15, 0.2) is 0 Å². The van der Waals surface area contributed by atoms with Gasteiger partial charge in [0, 0.05) is 13.1 Å². The lowest BCUT2D eigenvalue weighted by Gasteiger charge is -2.24. The fraction of sp³-hybridized carbons (Fsp3) is 1.00. The van der Waals surface area contributed by atoms with Crippen molar-refractivity contribution in [2.45, 2.75) is 66.7 Å². The molecule has 0 spiro atoms. The maximum absolute atomic E-state index is 5.16. The number of morpholine rings is 1. The Bertz CT molecular complexity index is 107. The van der Waals surface area contributed by atoms with E-state index in [4.69, 9.17) is 4.74 Å². The van der Waals surface area contributed by atoms with Gasteiger partial charge < -0.3 is 4.74 Å². The number of likely N-dealkylation sites (N-methyl/N-ethyl adjacent to an activating group) is 1. The molecule has 0 atom stereocenters. The lowest BCUT2D eigenvalue weighted by molar-refractivity contribution is 0.0405. The van der Waals surface area contributed by atoms with E-state index in [1.807, 2.05) is 13.8 Å². The summed E-state index contributed by atoms with van der Waals surface area (Å²) in [6.07, 6.45) is 7.01. The van der Waals surface area contributed by atoms with E-state index in [1.54, 1.807) is 0 Å². The van der Waals surface area contributed by atoms with E-state index in [-0.39, 0.29) is 0 Å². The van der Waals surface area contributed by atoms with E-state index >= 15 is 0 Å². The third-order valence-electron chi connectivity index (χ3n) is 2.76. The van der Waals surface area contributed by atoms with Crippen LogP contribution >= 0.6 is 0 Å². The van der Waals surface area contributed by atoms with Gasteiger partial charge in [-0.3, -0.25) is 4.90 Å². The summed E-state index contributed by atoms with van der Waals surface area (Å²) in [7, 11) is 0. The molecule has 1 aliphatic heterocycles. The molecular weight excluding hydrogens is 210 g/mol. The fourth-order valence-corrected chi connectivity index (χ4v) is 1.59. The van der Waals surface area contributed by atoms with Crippen molar-refractivity contribution >= 4 is 0 Å². The first-order chi connectivity index (χ1) is 8.35. The molecular formula is C15H35NO. The van der Waals surface area contributed by atoms with E-state index < -0.39 is 0 Å². The molecule has 0 aromatic carbocycles. The molecule has 0 unspecified atom stereocenters. The highest BCUT2D eigenvalue weighted by Crippen LogP contribution is 2.00. The fourth-order valence-electron chi connectivity index (χ4n) is 1.59. The van der Waals surface area contributed by atoms with Crippen LogP contribution in [0.2, 0.25) is 0 Å². The van der Waals surface area contributed by atoms with Gasteiger partial charge in [-0.05, 0) is 6.54 Å². The van der Waals surface area contributed by atoms with E-state index in [2.05, 4.69) is 25.7 Å². The van der Waals surface area contributed by atoms with Gasteiger partial charge in [0.2, 0.25) is 0 Å². The molecule has 1 fully saturated rings. The molecule has 2 nitrogen and oxygen atoms in total. The molecule has 1 heterocycles. The zero-order valence-electron chi connectivity index (χ0n) is 12.9. The standard InChI is InChI=1S/C7H16.C6H13NO.C2H6/c1-3-5-7-6-4-2;1-2-7-3-5-8-6-4-7;1-2/h3-7H2,1-2H3;2-6H2,1H3;1-2H3. The third-order valence-corrected chi connectivity index (χ3v) is 2.76. The minimum absolute atomic E-state index is 0.924. The van der Waals surface area contributed by atoms with Crippen LogP contribution in [0.25, 0.3) is 0 Å². The number of nitrogens with zero attached hydrogens (tertiary/aromatic N) is 1. The first-order valence-corrected chi connectivity index (χ1v) is 7.65. The number of rotatable bonds is 5. The van der Waals surface area contributed by atoms with Gasteiger partial charge in [-0.25, -0.2) is 0 Å². The van der Waals surface area contributed by atoms with Crippen molar-refractivity contribution in [3.05, 3.63) is 0 Å². The summed E-state index contributed by atoms with van der Waals surface area (Å²) in [6.45, 7) is 15.9. The summed E-state index contributed by atoms with van der Waals surface area (Å²) in [5, 5.41) is 0. The summed E-state index contributed by atoms with van der Waals surface area (Å²) < 4.78 is 5.16. The van der Waals surface area contributed by atoms with Gasteiger partial charge in [-0.2, -0.15) is 0 Å². The first kappa shape index (κ1) is 19.3. The lowest BCUT2D eigenvalue weighted by atomic mass is 10.2. The number of hydrogen-bond acceptors (Lipinski definition) is 2. The molecule has 0 saturated carbocycles. The van der Waals surface area contributed by atoms with Crippen molar-refractivity contribution in [3.63, 3.8) is 0 Å². The van der Waals surface area contributed by atoms with Crippen LogP contribution in [-0.2, 0) is 4.74 Å². The van der Waals surface area contributed by atoms with E-state index in [0.717, 1.165) is 26.3 Å². The SMILES string of the molecule is CC.CCCCCCC.CCN1CCOCC1. The lowest BCUT2D eigenvalue weighted by Crippen LogP contribution is -2.35. The average molecular weight is 245 g/mol. The second-order valence-corrected chi connectivity index (χ2v) is 4.11. The molecule has 0 bridgehead atoms. The van der Waals surface area contributed by atoms with Crippen LogP contribution in [0.3, 0.4) is 0 Å². The molecule has 1 saturated heterocycles. The summed E-state index contributed by atoms with van der Waals surface area (Å²) in [5.41, 5.74) is 0. The maximum Gasteiger partial charge on any atom is 0.0594 e. The first-order valence-electron chi connectivity index (χ1n) is 7.65. The maximum atomic E-state index is 5.16. The van der Waals surface area contributed by atoms with Gasteiger partial charge in [-0.15, -0.1) is 0 Å². The van der Waals surface area contributed by atoms with E-state index in [0.29, 0.717) is 0 Å². The quantitative estimate of drug-likeness (QED) is 0.668. The molecule has 0 radical (unpaired) electrons. The topological polar surface area (TPSA) is 12.5 Å². The molecule has 0 aromatic rings. The molecule has 2 heteroatoms. The van der Waals surface area contributed by atoms with Gasteiger partial charge in [0.25, 0.3) is 0 Å². The molecule has 1 aliphatic rings. The molecule has 0 N–H and O–H groups in total. The van der Waals surface area contributed by atoms with Crippen LogP contribution in [-0.4, -0.2) is 37.7 Å². The minimum atomic E-state index is 0.924. The van der Waals surface area contributed by atoms with Crippen molar-refractivity contribution in [1.29, 1.82) is 0 Å². The summed E-state index contributed by atoms with van der Waals surface area (Å²) in [6, 6.07) is 0. The summed E-state index contributed by atoms with van der Waals surface area (Å²) >= 11 is 0. The van der Waals surface area contributed by atoms with Crippen LogP contribution in [0.5, 0.6) is 0 Å². The van der Waals surface area contributed by atoms with E-state index in [9.17, 15) is 0 Å². The Morgan fingerprint density at radius 3 is 1.59 bits per heavy atom. The Balaban J connectivity index is 0. The molecule has 1 rings (SSSR count). The normalized spacial score (nSPS) is 15.4. The Morgan fingerprint density at radius 1 is 0.824 bits per heavy atom. The Hall–Kier alpha value is -0.0800. The largest absolute Gasteiger partial charge is 0.379 e.